The van der Waals surface area contributed by atoms with Crippen molar-refractivity contribution in [3.05, 3.63) is 107 Å². The number of nitrogens with one attached hydrogen (secondary N) is 2. The average molecular weight is 631 g/mol. The number of carbonyl (C=O) groups excluding carboxylic acids is 3. The molecule has 4 rings (SSSR count). The molecule has 2 amide bonds. The predicted molar refractivity (Wildman–Crippen MR) is 152 cm³/mol. The number of sulfone groups is 1. The normalized spacial score (nSPS) is 11.4. The number of hydrogen-bond acceptors (Lipinski definition) is 7. The van der Waals surface area contributed by atoms with Crippen molar-refractivity contribution in [1.82, 2.24) is 0 Å². The number of carbonyl (C=O) groups is 3. The van der Waals surface area contributed by atoms with Crippen LogP contribution in [-0.4, -0.2) is 45.9 Å². The lowest BCUT2D eigenvalue weighted by Crippen LogP contribution is -2.23. The van der Waals surface area contributed by atoms with Crippen molar-refractivity contribution < 1.29 is 49.8 Å². The number of anilines is 2. The molecule has 2 N–H and O–H groups in total. The van der Waals surface area contributed by atoms with Gasteiger partial charge in [0.15, 0.2) is 0 Å². The van der Waals surface area contributed by atoms with E-state index in [1.54, 1.807) is 0 Å². The molecule has 0 spiro atoms. The van der Waals surface area contributed by atoms with E-state index in [2.05, 4.69) is 15.4 Å². The largest absolute Gasteiger partial charge is 0.501 e. The number of para-hydroxylation sites is 1. The molecule has 0 aliphatic heterocycles. The van der Waals surface area contributed by atoms with Gasteiger partial charge in [0.25, 0.3) is 21.7 Å². The maximum atomic E-state index is 15.0. The van der Waals surface area contributed by atoms with E-state index in [4.69, 9.17) is 4.74 Å². The molecule has 0 saturated heterocycles. The molecule has 0 saturated carbocycles. The second-order valence-electron chi connectivity index (χ2n) is 9.03. The Balaban J connectivity index is 1.62. The molecular formula is C30H22F4N2O7S. The summed E-state index contributed by atoms with van der Waals surface area (Å²) >= 11 is 0. The molecule has 0 fully saturated rings. The number of hydrogen-bond donors (Lipinski definition) is 2. The predicted octanol–water partition coefficient (Wildman–Crippen LogP) is 6.09. The van der Waals surface area contributed by atoms with E-state index in [-0.39, 0.29) is 39.4 Å². The summed E-state index contributed by atoms with van der Waals surface area (Å²) in [6.45, 7) is 0. The first-order valence-corrected chi connectivity index (χ1v) is 13.9. The molecule has 0 aliphatic carbocycles. The summed E-state index contributed by atoms with van der Waals surface area (Å²) in [7, 11) is -3.22. The van der Waals surface area contributed by atoms with E-state index in [0.717, 1.165) is 18.2 Å². The van der Waals surface area contributed by atoms with Gasteiger partial charge in [-0.15, -0.1) is 0 Å². The van der Waals surface area contributed by atoms with Crippen molar-refractivity contribution >= 4 is 39.0 Å². The minimum Gasteiger partial charge on any atom is -0.496 e. The highest BCUT2D eigenvalue weighted by Gasteiger charge is 2.46. The van der Waals surface area contributed by atoms with E-state index in [0.29, 0.717) is 11.6 Å². The van der Waals surface area contributed by atoms with Crippen LogP contribution in [0.25, 0.3) is 11.1 Å². The number of alkyl halides is 3. The van der Waals surface area contributed by atoms with Crippen molar-refractivity contribution in [2.75, 3.05) is 24.9 Å². The fraction of sp³-hybridized carbons (Fsp3) is 0.100. The van der Waals surface area contributed by atoms with Crippen molar-refractivity contribution in [2.45, 2.75) is 10.4 Å². The van der Waals surface area contributed by atoms with Gasteiger partial charge in [-0.1, -0.05) is 30.3 Å². The van der Waals surface area contributed by atoms with Crippen LogP contribution in [0.3, 0.4) is 0 Å². The topological polar surface area (TPSA) is 128 Å². The molecule has 4 aromatic rings. The lowest BCUT2D eigenvalue weighted by atomic mass is 10.00. The molecule has 4 aromatic carbocycles. The molecule has 0 bridgehead atoms. The van der Waals surface area contributed by atoms with Crippen LogP contribution in [0.4, 0.5) is 28.9 Å². The Labute approximate surface area is 248 Å². The minimum absolute atomic E-state index is 0.00656. The average Bonchev–Trinajstić information content (AvgIpc) is 3.00. The standard InChI is InChI=1S/C30H22F4N2O7S/c1-42-26-16-24(31)22(17-10-12-18(13-11-17)29(39)43-2)15-23(26)28(38)36-25-9-4-3-8-21(25)27(37)35-19-6-5-7-20(14-19)44(40,41)30(32,33)34/h3-16H,1-2H3,(H,35,37)(H,36,38). The van der Waals surface area contributed by atoms with Gasteiger partial charge in [0.05, 0.1) is 41.5 Å². The van der Waals surface area contributed by atoms with Gasteiger partial charge in [0, 0.05) is 17.3 Å². The van der Waals surface area contributed by atoms with Crippen LogP contribution in [0, 0.1) is 5.82 Å². The van der Waals surface area contributed by atoms with E-state index in [1.807, 2.05) is 0 Å². The maximum Gasteiger partial charge on any atom is 0.501 e. The third-order valence-corrected chi connectivity index (χ3v) is 7.76. The highest BCUT2D eigenvalue weighted by atomic mass is 32.2. The van der Waals surface area contributed by atoms with E-state index in [9.17, 15) is 36.0 Å². The fourth-order valence-corrected chi connectivity index (χ4v) is 4.89. The Bertz CT molecular complexity index is 1860. The number of halogens is 4. The maximum absolute atomic E-state index is 15.0. The molecule has 0 radical (unpaired) electrons. The minimum atomic E-state index is -5.66. The zero-order chi connectivity index (χ0) is 32.2. The molecule has 44 heavy (non-hydrogen) atoms. The lowest BCUT2D eigenvalue weighted by Gasteiger charge is -2.15. The van der Waals surface area contributed by atoms with E-state index < -0.39 is 43.8 Å². The van der Waals surface area contributed by atoms with Crippen molar-refractivity contribution in [3.63, 3.8) is 0 Å². The Morgan fingerprint density at radius 3 is 2.07 bits per heavy atom. The molecule has 0 unspecified atom stereocenters. The van der Waals surface area contributed by atoms with Gasteiger partial charge in [-0.25, -0.2) is 17.6 Å². The quantitative estimate of drug-likeness (QED) is 0.178. The Morgan fingerprint density at radius 2 is 1.43 bits per heavy atom. The van der Waals surface area contributed by atoms with Gasteiger partial charge in [-0.2, -0.15) is 13.2 Å². The van der Waals surface area contributed by atoms with Crippen molar-refractivity contribution in [3.8, 4) is 16.9 Å². The van der Waals surface area contributed by atoms with Crippen LogP contribution in [0.15, 0.2) is 89.8 Å². The molecular weight excluding hydrogens is 608 g/mol. The van der Waals surface area contributed by atoms with Crippen LogP contribution in [0.2, 0.25) is 0 Å². The first-order chi connectivity index (χ1) is 20.8. The summed E-state index contributed by atoms with van der Waals surface area (Å²) in [5.74, 6) is -3.11. The first kappa shape index (κ1) is 31.7. The van der Waals surface area contributed by atoms with Crippen molar-refractivity contribution in [1.29, 1.82) is 0 Å². The van der Waals surface area contributed by atoms with Crippen LogP contribution in [0.5, 0.6) is 5.75 Å². The zero-order valence-electron chi connectivity index (χ0n) is 22.9. The van der Waals surface area contributed by atoms with Gasteiger partial charge in [0.2, 0.25) is 0 Å². The van der Waals surface area contributed by atoms with Gasteiger partial charge in [0.1, 0.15) is 11.6 Å². The van der Waals surface area contributed by atoms with Gasteiger partial charge in [-0.05, 0) is 54.1 Å². The summed E-state index contributed by atoms with van der Waals surface area (Å²) < 4.78 is 87.4. The monoisotopic (exact) mass is 630 g/mol. The fourth-order valence-electron chi connectivity index (χ4n) is 4.08. The molecule has 228 valence electrons. The number of ether oxygens (including phenoxy) is 2. The van der Waals surface area contributed by atoms with E-state index in [1.165, 1.54) is 74.9 Å². The second-order valence-corrected chi connectivity index (χ2v) is 11.0. The second kappa shape index (κ2) is 12.6. The van der Waals surface area contributed by atoms with Crippen LogP contribution in [0.1, 0.15) is 31.1 Å². The lowest BCUT2D eigenvalue weighted by molar-refractivity contribution is -0.0436. The Kier molecular flexibility index (Phi) is 9.04. The summed E-state index contributed by atoms with van der Waals surface area (Å²) in [4.78, 5) is 37.1. The highest BCUT2D eigenvalue weighted by Crippen LogP contribution is 2.33. The summed E-state index contributed by atoms with van der Waals surface area (Å²) in [5, 5.41) is 4.87. The number of esters is 1. The molecule has 0 heterocycles. The Morgan fingerprint density at radius 1 is 0.773 bits per heavy atom. The van der Waals surface area contributed by atoms with Gasteiger partial charge >= 0.3 is 11.5 Å². The highest BCUT2D eigenvalue weighted by molar-refractivity contribution is 7.92. The molecule has 14 heteroatoms. The molecule has 0 aliphatic rings. The molecule has 9 nitrogen and oxygen atoms in total. The van der Waals surface area contributed by atoms with Gasteiger partial charge < -0.3 is 20.1 Å². The molecule has 0 aromatic heterocycles. The number of benzene rings is 4. The van der Waals surface area contributed by atoms with Crippen LogP contribution < -0.4 is 15.4 Å². The molecule has 0 atom stereocenters. The summed E-state index contributed by atoms with van der Waals surface area (Å²) in [6.07, 6.45) is 0. The van der Waals surface area contributed by atoms with Gasteiger partial charge in [-0.3, -0.25) is 9.59 Å². The SMILES string of the molecule is COC(=O)c1ccc(-c2cc(C(=O)Nc3ccccc3C(=O)Nc3cccc(S(=O)(=O)C(F)(F)F)c3)c(OC)cc2F)cc1. The summed E-state index contributed by atoms with van der Waals surface area (Å²) in [5.41, 5.74) is -5.47. The van der Waals surface area contributed by atoms with Crippen LogP contribution >= 0.6 is 0 Å². The summed E-state index contributed by atoms with van der Waals surface area (Å²) in [6, 6.07) is 17.3. The van der Waals surface area contributed by atoms with Crippen molar-refractivity contribution in [2.24, 2.45) is 0 Å². The number of methoxy groups -OCH3 is 2. The Hall–Kier alpha value is -5.24. The number of amides is 2. The van der Waals surface area contributed by atoms with Crippen LogP contribution in [-0.2, 0) is 14.6 Å². The third kappa shape index (κ3) is 6.54. The zero-order valence-corrected chi connectivity index (χ0v) is 23.7. The first-order valence-electron chi connectivity index (χ1n) is 12.5. The third-order valence-electron chi connectivity index (χ3n) is 6.28. The van der Waals surface area contributed by atoms with E-state index >= 15 is 4.39 Å². The smallest absolute Gasteiger partial charge is 0.496 e. The number of rotatable bonds is 8.